The quantitative estimate of drug-likeness (QED) is 0.177. The van der Waals surface area contributed by atoms with Crippen LogP contribution in [0.3, 0.4) is 0 Å². The van der Waals surface area contributed by atoms with Crippen LogP contribution in [-0.4, -0.2) is 19.5 Å². The fourth-order valence-corrected chi connectivity index (χ4v) is 12.5. The summed E-state index contributed by atoms with van der Waals surface area (Å²) in [7, 11) is 0. The lowest BCUT2D eigenvalue weighted by Gasteiger charge is -2.42. The molecule has 2 aromatic heterocycles. The highest BCUT2D eigenvalue weighted by atomic mass is 15.0. The lowest BCUT2D eigenvalue weighted by atomic mass is 9.63. The molecular formula is C64H48N4. The lowest BCUT2D eigenvalue weighted by Crippen LogP contribution is -2.33. The number of hydrogen-bond acceptors (Lipinski definition) is 3. The summed E-state index contributed by atoms with van der Waals surface area (Å²) in [6, 6.07) is 71.4. The molecule has 4 nitrogen and oxygen atoms in total. The summed E-state index contributed by atoms with van der Waals surface area (Å²) in [6.07, 6.45) is 2.36. The Hall–Kier alpha value is -7.95. The number of aromatic nitrogens is 4. The molecule has 0 saturated heterocycles. The topological polar surface area (TPSA) is 43.6 Å². The molecule has 3 aliphatic carbocycles. The Labute approximate surface area is 396 Å². The van der Waals surface area contributed by atoms with Crippen molar-refractivity contribution in [2.75, 3.05) is 0 Å². The Morgan fingerprint density at radius 3 is 1.53 bits per heavy atom. The number of fused-ring (bicyclic) bond motifs is 15. The molecule has 9 aromatic carbocycles. The molecule has 11 aromatic rings. The molecule has 0 radical (unpaired) electrons. The highest BCUT2D eigenvalue weighted by Gasteiger charge is 2.51. The summed E-state index contributed by atoms with van der Waals surface area (Å²) in [5, 5.41) is 4.84. The van der Waals surface area contributed by atoms with E-state index in [1.54, 1.807) is 0 Å². The summed E-state index contributed by atoms with van der Waals surface area (Å²) in [4.78, 5) is 16.1. The number of rotatable bonds is 4. The van der Waals surface area contributed by atoms with Crippen molar-refractivity contribution in [1.29, 1.82) is 0 Å². The summed E-state index contributed by atoms with van der Waals surface area (Å²) < 4.78 is 2.45. The largest absolute Gasteiger partial charge is 0.309 e. The van der Waals surface area contributed by atoms with Crippen LogP contribution in [0.5, 0.6) is 0 Å². The van der Waals surface area contributed by atoms with Gasteiger partial charge in [0, 0.05) is 33.2 Å². The van der Waals surface area contributed by atoms with Crippen molar-refractivity contribution in [3.05, 3.63) is 228 Å². The van der Waals surface area contributed by atoms with E-state index in [9.17, 15) is 0 Å². The van der Waals surface area contributed by atoms with Gasteiger partial charge in [-0.25, -0.2) is 15.0 Å². The Balaban J connectivity index is 0.958. The minimum absolute atomic E-state index is 0.0951. The Morgan fingerprint density at radius 2 is 0.853 bits per heavy atom. The van der Waals surface area contributed by atoms with Crippen molar-refractivity contribution in [2.45, 2.75) is 56.8 Å². The van der Waals surface area contributed by atoms with E-state index in [0.717, 1.165) is 33.2 Å². The molecule has 14 rings (SSSR count). The fraction of sp³-hybridized carbons (Fsp3) is 0.141. The smallest absolute Gasteiger partial charge is 0.164 e. The average molecular weight is 873 g/mol. The first-order chi connectivity index (χ1) is 33.2. The molecule has 0 saturated carbocycles. The Bertz CT molecular complexity index is 3860. The third-order valence-electron chi connectivity index (χ3n) is 16.0. The molecule has 1 spiro atoms. The Kier molecular flexibility index (Phi) is 8.10. The molecule has 0 atom stereocenters. The van der Waals surface area contributed by atoms with Gasteiger partial charge in [0.1, 0.15) is 0 Å². The summed E-state index contributed by atoms with van der Waals surface area (Å²) >= 11 is 0. The second-order valence-electron chi connectivity index (χ2n) is 20.6. The zero-order chi connectivity index (χ0) is 45.5. The molecule has 3 aliphatic rings. The molecule has 4 heteroatoms. The van der Waals surface area contributed by atoms with E-state index in [-0.39, 0.29) is 10.8 Å². The molecule has 0 aliphatic heterocycles. The molecule has 0 amide bonds. The third kappa shape index (κ3) is 5.40. The van der Waals surface area contributed by atoms with Crippen molar-refractivity contribution in [1.82, 2.24) is 19.5 Å². The van der Waals surface area contributed by atoms with Gasteiger partial charge in [0.15, 0.2) is 17.5 Å². The zero-order valence-corrected chi connectivity index (χ0v) is 38.7. The maximum absolute atomic E-state index is 5.40. The normalized spacial score (nSPS) is 15.6. The lowest BCUT2D eigenvalue weighted by molar-refractivity contribution is 0.332. The van der Waals surface area contributed by atoms with Crippen LogP contribution >= 0.6 is 0 Å². The number of benzene rings is 9. The van der Waals surface area contributed by atoms with Crippen LogP contribution in [-0.2, 0) is 16.2 Å². The summed E-state index contributed by atoms with van der Waals surface area (Å²) in [5.74, 6) is 1.94. The van der Waals surface area contributed by atoms with Gasteiger partial charge in [-0.05, 0) is 139 Å². The molecule has 68 heavy (non-hydrogen) atoms. The maximum Gasteiger partial charge on any atom is 0.164 e. The molecule has 0 unspecified atom stereocenters. The molecular weight excluding hydrogens is 825 g/mol. The van der Waals surface area contributed by atoms with Crippen LogP contribution in [0.4, 0.5) is 0 Å². The van der Waals surface area contributed by atoms with Gasteiger partial charge in [0.25, 0.3) is 0 Å². The fourth-order valence-electron chi connectivity index (χ4n) is 12.5. The summed E-state index contributed by atoms with van der Waals surface area (Å²) in [5.41, 5.74) is 19.4. The predicted molar refractivity (Wildman–Crippen MR) is 280 cm³/mol. The van der Waals surface area contributed by atoms with Crippen molar-refractivity contribution in [2.24, 2.45) is 0 Å². The van der Waals surface area contributed by atoms with Crippen LogP contribution in [0.2, 0.25) is 0 Å². The average Bonchev–Trinajstić information content (AvgIpc) is 3.98. The maximum atomic E-state index is 5.40. The van der Waals surface area contributed by atoms with Crippen molar-refractivity contribution in [3.63, 3.8) is 0 Å². The SMILES string of the molecule is CC1(C)CCC(C)(C)c2cc3c(cc21)c1ccccc1n3-c1ccc(-c2nc(-c3ccc4c(c3)C3(c5ccccc5-c5ccccc53)c3ccccc3-4)nc(-c3cccc4ccccc34)n2)cc1. The highest BCUT2D eigenvalue weighted by molar-refractivity contribution is 6.10. The molecule has 0 N–H and O–H groups in total. The second-order valence-corrected chi connectivity index (χ2v) is 20.6. The van der Waals surface area contributed by atoms with E-state index in [1.165, 1.54) is 90.3 Å². The van der Waals surface area contributed by atoms with Gasteiger partial charge in [0.2, 0.25) is 0 Å². The highest BCUT2D eigenvalue weighted by Crippen LogP contribution is 2.63. The standard InChI is InChI=1S/C64H48N4/c1-62(2)34-35-63(3,4)56-38-58-50(37-55(56)62)48-22-10-14-27-57(48)68(58)42-31-28-40(29-32-42)59-65-60(67-61(66-59)49-23-15-17-39-16-5-6-18-43(39)49)41-30-33-47-46-21-9-13-26-53(46)64(54(47)36-41)51-24-11-7-19-44(51)45-20-8-12-25-52(45)64/h5-33,36-38H,34-35H2,1-4H3. The van der Waals surface area contributed by atoms with Crippen LogP contribution in [0.1, 0.15) is 73.9 Å². The predicted octanol–water partition coefficient (Wildman–Crippen LogP) is 15.8. The van der Waals surface area contributed by atoms with Gasteiger partial charge in [0.05, 0.1) is 16.4 Å². The summed E-state index contributed by atoms with van der Waals surface area (Å²) in [6.45, 7) is 9.65. The zero-order valence-electron chi connectivity index (χ0n) is 38.7. The van der Waals surface area contributed by atoms with E-state index in [1.807, 2.05) is 0 Å². The Morgan fingerprint density at radius 1 is 0.353 bits per heavy atom. The van der Waals surface area contributed by atoms with E-state index >= 15 is 0 Å². The van der Waals surface area contributed by atoms with Crippen molar-refractivity contribution < 1.29 is 0 Å². The first-order valence-electron chi connectivity index (χ1n) is 24.1. The van der Waals surface area contributed by atoms with Crippen LogP contribution in [0.25, 0.3) is 94.7 Å². The van der Waals surface area contributed by atoms with E-state index in [0.29, 0.717) is 17.5 Å². The van der Waals surface area contributed by atoms with Gasteiger partial charge in [-0.15, -0.1) is 0 Å². The number of hydrogen-bond donors (Lipinski definition) is 0. The molecule has 0 fully saturated rings. The number of para-hydroxylation sites is 1. The van der Waals surface area contributed by atoms with E-state index < -0.39 is 5.41 Å². The molecule has 0 bridgehead atoms. The van der Waals surface area contributed by atoms with Crippen LogP contribution in [0, 0.1) is 0 Å². The number of nitrogens with zero attached hydrogens (tertiary/aromatic N) is 4. The van der Waals surface area contributed by atoms with Gasteiger partial charge < -0.3 is 4.57 Å². The van der Waals surface area contributed by atoms with Crippen molar-refractivity contribution >= 4 is 32.6 Å². The van der Waals surface area contributed by atoms with Crippen LogP contribution < -0.4 is 0 Å². The van der Waals surface area contributed by atoms with E-state index in [2.05, 4.69) is 226 Å². The first-order valence-corrected chi connectivity index (χ1v) is 24.1. The monoisotopic (exact) mass is 872 g/mol. The van der Waals surface area contributed by atoms with Crippen molar-refractivity contribution in [3.8, 4) is 62.1 Å². The van der Waals surface area contributed by atoms with E-state index in [4.69, 9.17) is 15.0 Å². The van der Waals surface area contributed by atoms with Gasteiger partial charge in [-0.1, -0.05) is 173 Å². The van der Waals surface area contributed by atoms with Gasteiger partial charge in [-0.2, -0.15) is 0 Å². The molecule has 324 valence electrons. The van der Waals surface area contributed by atoms with Crippen LogP contribution in [0.15, 0.2) is 194 Å². The van der Waals surface area contributed by atoms with Gasteiger partial charge in [-0.3, -0.25) is 0 Å². The van der Waals surface area contributed by atoms with Gasteiger partial charge >= 0.3 is 0 Å². The minimum Gasteiger partial charge on any atom is -0.309 e. The second kappa shape index (κ2) is 14.0. The molecule has 2 heterocycles. The first kappa shape index (κ1) is 39.2. The third-order valence-corrected chi connectivity index (χ3v) is 16.0. The minimum atomic E-state index is -0.475.